The first kappa shape index (κ1) is 22.4. The first-order chi connectivity index (χ1) is 14.3. The highest BCUT2D eigenvalue weighted by atomic mass is 35.5. The molecule has 4 rings (SSSR count). The van der Waals surface area contributed by atoms with Gasteiger partial charge in [0.25, 0.3) is 0 Å². The van der Waals surface area contributed by atoms with Crippen molar-refractivity contribution < 1.29 is 21.9 Å². The van der Waals surface area contributed by atoms with E-state index >= 15 is 0 Å². The van der Waals surface area contributed by atoms with E-state index in [4.69, 9.17) is 23.2 Å². The average molecular weight is 503 g/mol. The summed E-state index contributed by atoms with van der Waals surface area (Å²) in [6.07, 6.45) is 2.53. The molecule has 0 radical (unpaired) electrons. The van der Waals surface area contributed by atoms with E-state index in [1.807, 2.05) is 0 Å². The van der Waals surface area contributed by atoms with Gasteiger partial charge in [-0.25, -0.2) is 16.8 Å². The summed E-state index contributed by atoms with van der Waals surface area (Å²) in [5.74, 6) is -0.544. The van der Waals surface area contributed by atoms with Crippen molar-refractivity contribution in [2.75, 3.05) is 11.4 Å². The number of benzene rings is 1. The quantitative estimate of drug-likeness (QED) is 0.665. The summed E-state index contributed by atoms with van der Waals surface area (Å²) in [5, 5.41) is 10.3. The third kappa shape index (κ3) is 3.16. The van der Waals surface area contributed by atoms with Crippen LogP contribution in [0.15, 0.2) is 30.5 Å². The first-order valence-electron chi connectivity index (χ1n) is 9.43. The van der Waals surface area contributed by atoms with Crippen LogP contribution in [0.4, 0.5) is 5.69 Å². The lowest BCUT2D eigenvalue weighted by atomic mass is 9.98. The third-order valence-corrected chi connectivity index (χ3v) is 11.3. The van der Waals surface area contributed by atoms with Crippen LogP contribution in [0.1, 0.15) is 43.5 Å². The van der Waals surface area contributed by atoms with E-state index < -0.39 is 40.5 Å². The normalized spacial score (nSPS) is 19.8. The molecule has 0 unspecified atom stereocenters. The molecular formula is C20H20Cl2N2O5S2. The monoisotopic (exact) mass is 502 g/mol. The lowest BCUT2D eigenvalue weighted by Crippen LogP contribution is -2.35. The number of aromatic nitrogens is 1. The van der Waals surface area contributed by atoms with E-state index in [2.05, 4.69) is 4.98 Å². The van der Waals surface area contributed by atoms with Gasteiger partial charge in [0.15, 0.2) is 15.6 Å². The summed E-state index contributed by atoms with van der Waals surface area (Å²) in [5.41, 5.74) is 0.410. The second-order valence-electron chi connectivity index (χ2n) is 8.06. The molecule has 1 aromatic carbocycles. The van der Waals surface area contributed by atoms with Crippen molar-refractivity contribution in [1.29, 1.82) is 0 Å². The number of hydrogen-bond acceptors (Lipinski definition) is 6. The van der Waals surface area contributed by atoms with Gasteiger partial charge in [-0.15, -0.1) is 0 Å². The Balaban J connectivity index is 2.01. The molecule has 0 spiro atoms. The third-order valence-electron chi connectivity index (χ3n) is 5.79. The standard InChI is InChI=1S/C20H20Cl2N2O5S2/c1-20(2)13-5-4-10-23-16(13)18(25)19(30(20,26)27)12-8-9-14(21)17(15(12)22)24(3)31(28,29)11-6-7-11/h4-5,8-11,25H,6-7H2,1-3H3. The Hall–Kier alpha value is -1.81. The van der Waals surface area contributed by atoms with Gasteiger partial charge in [-0.3, -0.25) is 9.29 Å². The largest absolute Gasteiger partial charge is 0.504 e. The Morgan fingerprint density at radius 2 is 1.84 bits per heavy atom. The van der Waals surface area contributed by atoms with Crippen LogP contribution in [0.5, 0.6) is 0 Å². The highest BCUT2D eigenvalue weighted by Crippen LogP contribution is 2.51. The van der Waals surface area contributed by atoms with E-state index in [0.717, 1.165) is 4.31 Å². The maximum Gasteiger partial charge on any atom is 0.237 e. The molecule has 1 aromatic heterocycles. The van der Waals surface area contributed by atoms with Crippen LogP contribution in [-0.2, 0) is 24.6 Å². The molecule has 0 amide bonds. The fraction of sp³-hybridized carbons (Fsp3) is 0.350. The Morgan fingerprint density at radius 1 is 1.19 bits per heavy atom. The second-order valence-corrected chi connectivity index (χ2v) is 13.5. The topological polar surface area (TPSA) is 105 Å². The van der Waals surface area contributed by atoms with Gasteiger partial charge in [-0.2, -0.15) is 0 Å². The maximum atomic E-state index is 13.6. The van der Waals surface area contributed by atoms with E-state index in [0.29, 0.717) is 18.4 Å². The highest BCUT2D eigenvalue weighted by molar-refractivity contribution is 8.01. The number of pyridine rings is 1. The highest BCUT2D eigenvalue weighted by Gasteiger charge is 2.48. The maximum absolute atomic E-state index is 13.6. The van der Waals surface area contributed by atoms with Crippen molar-refractivity contribution in [2.45, 2.75) is 36.7 Å². The minimum Gasteiger partial charge on any atom is -0.504 e. The zero-order valence-corrected chi connectivity index (χ0v) is 20.1. The number of rotatable bonds is 4. The molecular weight excluding hydrogens is 483 g/mol. The Kier molecular flexibility index (Phi) is 5.13. The van der Waals surface area contributed by atoms with Crippen LogP contribution in [0.2, 0.25) is 10.0 Å². The molecule has 0 saturated heterocycles. The second kappa shape index (κ2) is 7.10. The SMILES string of the molecule is CN(c1c(Cl)ccc(C2=C(O)c3ncccc3C(C)(C)S2(=O)=O)c1Cl)S(=O)(=O)C1CC1. The van der Waals surface area contributed by atoms with Gasteiger partial charge in [-0.05, 0) is 38.8 Å². The molecule has 1 aliphatic carbocycles. The summed E-state index contributed by atoms with van der Waals surface area (Å²) in [6.45, 7) is 3.04. The molecule has 1 fully saturated rings. The van der Waals surface area contributed by atoms with Gasteiger partial charge in [0.2, 0.25) is 10.0 Å². The number of halogens is 2. The number of hydrogen-bond donors (Lipinski definition) is 1. The number of fused-ring (bicyclic) bond motifs is 1. The molecule has 11 heteroatoms. The fourth-order valence-corrected chi connectivity index (χ4v) is 7.98. The van der Waals surface area contributed by atoms with Crippen molar-refractivity contribution in [1.82, 2.24) is 4.98 Å². The Bertz CT molecular complexity index is 1350. The van der Waals surface area contributed by atoms with E-state index in [1.54, 1.807) is 12.1 Å². The average Bonchev–Trinajstić information content (AvgIpc) is 3.54. The summed E-state index contributed by atoms with van der Waals surface area (Å²) < 4.78 is 52.3. The smallest absolute Gasteiger partial charge is 0.237 e. The fourth-order valence-electron chi connectivity index (χ4n) is 3.71. The van der Waals surface area contributed by atoms with Crippen molar-refractivity contribution in [3.63, 3.8) is 0 Å². The molecule has 1 N–H and O–H groups in total. The molecule has 7 nitrogen and oxygen atoms in total. The molecule has 2 heterocycles. The van der Waals surface area contributed by atoms with Gasteiger partial charge >= 0.3 is 0 Å². The zero-order valence-electron chi connectivity index (χ0n) is 16.9. The molecule has 31 heavy (non-hydrogen) atoms. The van der Waals surface area contributed by atoms with Crippen molar-refractivity contribution in [3.8, 4) is 0 Å². The molecule has 0 bridgehead atoms. The van der Waals surface area contributed by atoms with E-state index in [1.165, 1.54) is 39.2 Å². The van der Waals surface area contributed by atoms with Crippen molar-refractivity contribution in [3.05, 3.63) is 57.3 Å². The van der Waals surface area contributed by atoms with Crippen LogP contribution in [0.3, 0.4) is 0 Å². The summed E-state index contributed by atoms with van der Waals surface area (Å²) in [6, 6.07) is 5.92. The number of aliphatic hydroxyl groups excluding tert-OH is 1. The number of sulfonamides is 1. The lowest BCUT2D eigenvalue weighted by Gasteiger charge is -2.33. The minimum absolute atomic E-state index is 0.0344. The summed E-state index contributed by atoms with van der Waals surface area (Å²) in [7, 11) is -6.51. The molecule has 1 aliphatic heterocycles. The van der Waals surface area contributed by atoms with Crippen molar-refractivity contribution in [2.24, 2.45) is 0 Å². The molecule has 2 aromatic rings. The number of aliphatic hydroxyl groups is 1. The Morgan fingerprint density at radius 3 is 2.45 bits per heavy atom. The van der Waals surface area contributed by atoms with Crippen LogP contribution in [0.25, 0.3) is 10.7 Å². The predicted molar refractivity (Wildman–Crippen MR) is 122 cm³/mol. The van der Waals surface area contributed by atoms with Gasteiger partial charge in [0.05, 0.1) is 25.7 Å². The number of sulfone groups is 1. The summed E-state index contributed by atoms with van der Waals surface area (Å²) >= 11 is 12.8. The van der Waals surface area contributed by atoms with Crippen molar-refractivity contribution >= 4 is 59.4 Å². The van der Waals surface area contributed by atoms with Crippen LogP contribution in [0, 0.1) is 0 Å². The van der Waals surface area contributed by atoms with Crippen LogP contribution >= 0.6 is 23.2 Å². The lowest BCUT2D eigenvalue weighted by molar-refractivity contribution is 0.501. The van der Waals surface area contributed by atoms with E-state index in [9.17, 15) is 21.9 Å². The van der Waals surface area contributed by atoms with Gasteiger partial charge < -0.3 is 5.11 Å². The van der Waals surface area contributed by atoms with Crippen LogP contribution in [-0.4, -0.2) is 39.2 Å². The van der Waals surface area contributed by atoms with Gasteiger partial charge in [0.1, 0.15) is 10.6 Å². The number of anilines is 1. The molecule has 0 atom stereocenters. The predicted octanol–water partition coefficient (Wildman–Crippen LogP) is 4.36. The van der Waals surface area contributed by atoms with Gasteiger partial charge in [-0.1, -0.05) is 35.3 Å². The molecule has 166 valence electrons. The minimum atomic E-state index is -4.14. The number of nitrogens with zero attached hydrogens (tertiary/aromatic N) is 2. The molecule has 2 aliphatic rings. The van der Waals surface area contributed by atoms with E-state index in [-0.39, 0.29) is 27.0 Å². The first-order valence-corrected chi connectivity index (χ1v) is 13.2. The summed E-state index contributed by atoms with van der Waals surface area (Å²) in [4.78, 5) is 3.75. The molecule has 1 saturated carbocycles. The zero-order chi connectivity index (χ0) is 22.9. The van der Waals surface area contributed by atoms with Crippen LogP contribution < -0.4 is 4.31 Å². The van der Waals surface area contributed by atoms with Gasteiger partial charge in [0, 0.05) is 24.4 Å². The Labute approximate surface area is 191 Å².